The van der Waals surface area contributed by atoms with E-state index < -0.39 is 46.9 Å². The predicted octanol–water partition coefficient (Wildman–Crippen LogP) is 2.64. The molecule has 1 saturated carbocycles. The second-order valence-corrected chi connectivity index (χ2v) is 10.9. The number of methoxy groups -OCH3 is 2. The molecular weight excluding hydrogens is 540 g/mol. The Morgan fingerprint density at radius 3 is 2.27 bits per heavy atom. The summed E-state index contributed by atoms with van der Waals surface area (Å²) in [6.45, 7) is 3.80. The van der Waals surface area contributed by atoms with Crippen LogP contribution in [0.1, 0.15) is 68.1 Å². The molecule has 12 nitrogen and oxygen atoms in total. The van der Waals surface area contributed by atoms with Crippen LogP contribution in [0.2, 0.25) is 0 Å². The molecule has 0 unspecified atom stereocenters. The van der Waals surface area contributed by atoms with E-state index in [1.54, 1.807) is 24.3 Å². The highest BCUT2D eigenvalue weighted by Crippen LogP contribution is 2.30. The average Bonchev–Trinajstić information content (AvgIpc) is 3.42. The fourth-order valence-electron chi connectivity index (χ4n) is 4.47. The van der Waals surface area contributed by atoms with Gasteiger partial charge < -0.3 is 19.2 Å². The van der Waals surface area contributed by atoms with Crippen LogP contribution in [-0.2, 0) is 28.7 Å². The summed E-state index contributed by atoms with van der Waals surface area (Å²) in [4.78, 5) is 63.3. The molecule has 0 radical (unpaired) electrons. The molecule has 1 aromatic carbocycles. The molecule has 216 valence electrons. The van der Waals surface area contributed by atoms with Crippen LogP contribution in [0.3, 0.4) is 0 Å². The third kappa shape index (κ3) is 8.13. The van der Waals surface area contributed by atoms with E-state index in [2.05, 4.69) is 30.3 Å². The number of ether oxygens (including phenoxy) is 2. The van der Waals surface area contributed by atoms with Gasteiger partial charge in [-0.25, -0.2) is 0 Å². The van der Waals surface area contributed by atoms with Crippen molar-refractivity contribution in [2.75, 3.05) is 14.2 Å². The standard InChI is InChI=1S/C27H34N4O8S/c1-15(2)14-18(24-30-31-27(39-24)40-20(25(35)37-3)26(36)38-4)23(34)29-22(33)17-12-8-9-13-19(17)28-21(32)16-10-6-5-7-11-16/h5-7,10-11,15,17-20H,8-9,12-14H2,1-4H3,(H,28,32)(H,29,33,34)/t17-,18-,19+/m1/s1. The molecule has 2 aromatic rings. The minimum atomic E-state index is -1.39. The maximum atomic E-state index is 13.3. The number of imide groups is 1. The first-order valence-corrected chi connectivity index (χ1v) is 13.9. The summed E-state index contributed by atoms with van der Waals surface area (Å²) in [5.41, 5.74) is 0.493. The summed E-state index contributed by atoms with van der Waals surface area (Å²) in [6, 6.07) is 8.32. The van der Waals surface area contributed by atoms with Crippen molar-refractivity contribution in [1.82, 2.24) is 20.8 Å². The van der Waals surface area contributed by atoms with E-state index >= 15 is 0 Å². The molecule has 3 atom stereocenters. The highest BCUT2D eigenvalue weighted by atomic mass is 32.2. The normalized spacial score (nSPS) is 17.6. The molecule has 1 heterocycles. The molecule has 1 fully saturated rings. The summed E-state index contributed by atoms with van der Waals surface area (Å²) < 4.78 is 14.9. The summed E-state index contributed by atoms with van der Waals surface area (Å²) in [5.74, 6) is -4.67. The Morgan fingerprint density at radius 1 is 1.00 bits per heavy atom. The fourth-order valence-corrected chi connectivity index (χ4v) is 5.28. The lowest BCUT2D eigenvalue weighted by molar-refractivity contribution is -0.150. The Hall–Kier alpha value is -3.74. The lowest BCUT2D eigenvalue weighted by Gasteiger charge is -2.31. The van der Waals surface area contributed by atoms with Crippen LogP contribution in [0.4, 0.5) is 0 Å². The van der Waals surface area contributed by atoms with Gasteiger partial charge in [-0.15, -0.1) is 10.2 Å². The van der Waals surface area contributed by atoms with E-state index in [1.165, 1.54) is 0 Å². The lowest BCUT2D eigenvalue weighted by Crippen LogP contribution is -2.50. The number of carbonyl (C=O) groups excluding carboxylic acids is 5. The monoisotopic (exact) mass is 574 g/mol. The molecule has 1 aromatic heterocycles. The molecule has 3 amide bonds. The average molecular weight is 575 g/mol. The van der Waals surface area contributed by atoms with Crippen molar-refractivity contribution < 1.29 is 37.9 Å². The predicted molar refractivity (Wildman–Crippen MR) is 143 cm³/mol. The summed E-state index contributed by atoms with van der Waals surface area (Å²) >= 11 is 0.635. The van der Waals surface area contributed by atoms with Gasteiger partial charge in [-0.2, -0.15) is 0 Å². The van der Waals surface area contributed by atoms with Gasteiger partial charge >= 0.3 is 11.9 Å². The Labute approximate surface area is 236 Å². The molecule has 0 saturated heterocycles. The van der Waals surface area contributed by atoms with Crippen molar-refractivity contribution >= 4 is 41.4 Å². The Kier molecular flexibility index (Phi) is 11.2. The van der Waals surface area contributed by atoms with E-state index in [9.17, 15) is 24.0 Å². The van der Waals surface area contributed by atoms with Crippen LogP contribution in [0.25, 0.3) is 0 Å². The smallest absolute Gasteiger partial charge is 0.330 e. The Morgan fingerprint density at radius 2 is 1.65 bits per heavy atom. The van der Waals surface area contributed by atoms with E-state index in [0.717, 1.165) is 27.1 Å². The van der Waals surface area contributed by atoms with Crippen LogP contribution < -0.4 is 10.6 Å². The molecule has 2 N–H and O–H groups in total. The Bertz CT molecular complexity index is 1190. The highest BCUT2D eigenvalue weighted by Gasteiger charge is 2.37. The van der Waals surface area contributed by atoms with E-state index in [1.807, 2.05) is 19.9 Å². The van der Waals surface area contributed by atoms with Crippen LogP contribution in [0.15, 0.2) is 40.0 Å². The summed E-state index contributed by atoms with van der Waals surface area (Å²) in [6.07, 6.45) is 3.09. The Balaban J connectivity index is 1.72. The number of nitrogens with one attached hydrogen (secondary N) is 2. The van der Waals surface area contributed by atoms with Crippen LogP contribution in [0, 0.1) is 11.8 Å². The quantitative estimate of drug-likeness (QED) is 0.230. The highest BCUT2D eigenvalue weighted by molar-refractivity contribution is 8.01. The van der Waals surface area contributed by atoms with Crippen molar-refractivity contribution in [2.24, 2.45) is 11.8 Å². The number of carbonyl (C=O) groups is 5. The number of nitrogens with zero attached hydrogens (tertiary/aromatic N) is 2. The van der Waals surface area contributed by atoms with Gasteiger partial charge in [-0.05, 0) is 49.1 Å². The molecule has 0 bridgehead atoms. The van der Waals surface area contributed by atoms with Crippen molar-refractivity contribution in [3.05, 3.63) is 41.8 Å². The lowest BCUT2D eigenvalue weighted by atomic mass is 9.83. The maximum Gasteiger partial charge on any atom is 0.330 e. The first kappa shape index (κ1) is 30.8. The minimum Gasteiger partial charge on any atom is -0.468 e. The fraction of sp³-hybridized carbons (Fsp3) is 0.519. The van der Waals surface area contributed by atoms with Gasteiger partial charge in [0.05, 0.1) is 20.1 Å². The number of hydrogen-bond acceptors (Lipinski definition) is 11. The third-order valence-electron chi connectivity index (χ3n) is 6.49. The zero-order valence-corrected chi connectivity index (χ0v) is 23.7. The van der Waals surface area contributed by atoms with E-state index in [4.69, 9.17) is 4.42 Å². The number of benzene rings is 1. The van der Waals surface area contributed by atoms with E-state index in [-0.39, 0.29) is 22.9 Å². The SMILES string of the molecule is COC(=O)C(Sc1nnc([C@H](CC(C)C)C(=O)NC(=O)[C@@H]2CCCC[C@@H]2NC(=O)c2ccccc2)o1)C(=O)OC. The molecule has 13 heteroatoms. The number of esters is 2. The minimum absolute atomic E-state index is 0.0272. The molecule has 0 spiro atoms. The van der Waals surface area contributed by atoms with Crippen molar-refractivity contribution in [2.45, 2.75) is 68.4 Å². The van der Waals surface area contributed by atoms with Gasteiger partial charge in [0.25, 0.3) is 11.1 Å². The number of amides is 3. The number of rotatable bonds is 11. The molecule has 3 rings (SSSR count). The first-order chi connectivity index (χ1) is 19.1. The van der Waals surface area contributed by atoms with Crippen LogP contribution in [-0.4, -0.2) is 65.4 Å². The van der Waals surface area contributed by atoms with Gasteiger partial charge in [0.1, 0.15) is 5.92 Å². The maximum absolute atomic E-state index is 13.3. The van der Waals surface area contributed by atoms with Gasteiger partial charge in [0.2, 0.25) is 23.0 Å². The first-order valence-electron chi connectivity index (χ1n) is 13.0. The molecule has 1 aliphatic rings. The summed E-state index contributed by atoms with van der Waals surface area (Å²) in [5, 5.41) is 11.7. The van der Waals surface area contributed by atoms with Gasteiger partial charge in [-0.1, -0.05) is 44.9 Å². The van der Waals surface area contributed by atoms with Crippen molar-refractivity contribution in [3.63, 3.8) is 0 Å². The zero-order valence-electron chi connectivity index (χ0n) is 22.9. The van der Waals surface area contributed by atoms with Crippen molar-refractivity contribution in [3.8, 4) is 0 Å². The molecule has 0 aliphatic heterocycles. The number of hydrogen-bond donors (Lipinski definition) is 2. The number of thioether (sulfide) groups is 1. The topological polar surface area (TPSA) is 167 Å². The second-order valence-electron chi connectivity index (χ2n) is 9.82. The van der Waals surface area contributed by atoms with Crippen LogP contribution >= 0.6 is 11.8 Å². The van der Waals surface area contributed by atoms with Crippen LogP contribution in [0.5, 0.6) is 0 Å². The number of aromatic nitrogens is 2. The third-order valence-corrected chi connectivity index (χ3v) is 7.48. The van der Waals surface area contributed by atoms with Gasteiger partial charge in [0, 0.05) is 11.6 Å². The largest absolute Gasteiger partial charge is 0.468 e. The molecule has 40 heavy (non-hydrogen) atoms. The summed E-state index contributed by atoms with van der Waals surface area (Å²) in [7, 11) is 2.25. The van der Waals surface area contributed by atoms with Gasteiger partial charge in [0.15, 0.2) is 0 Å². The second kappa shape index (κ2) is 14.6. The van der Waals surface area contributed by atoms with Gasteiger partial charge in [-0.3, -0.25) is 29.3 Å². The zero-order chi connectivity index (χ0) is 29.2. The van der Waals surface area contributed by atoms with Crippen molar-refractivity contribution in [1.29, 1.82) is 0 Å². The molecular formula is C27H34N4O8S. The molecule has 1 aliphatic carbocycles. The van der Waals surface area contributed by atoms with E-state index in [0.29, 0.717) is 36.6 Å².